The molecule has 2 heteroatoms. The number of furan rings is 1. The Morgan fingerprint density at radius 2 is 1.64 bits per heavy atom. The summed E-state index contributed by atoms with van der Waals surface area (Å²) >= 11 is 0. The SMILES string of the molecule is Cc1cc2oc3ccccc3c2cc1N1C(C)C23CCC1(CC2)CC3. The van der Waals surface area contributed by atoms with Crippen molar-refractivity contribution < 1.29 is 4.42 Å². The maximum Gasteiger partial charge on any atom is 0.135 e. The molecule has 3 aromatic rings. The molecule has 6 aliphatic rings. The molecule has 1 atom stereocenters. The van der Waals surface area contributed by atoms with Crippen LogP contribution < -0.4 is 4.90 Å². The van der Waals surface area contributed by atoms with Gasteiger partial charge in [0.15, 0.2) is 0 Å². The molecule has 2 aromatic carbocycles. The van der Waals surface area contributed by atoms with Gasteiger partial charge >= 0.3 is 0 Å². The van der Waals surface area contributed by atoms with Crippen molar-refractivity contribution in [3.63, 3.8) is 0 Å². The van der Waals surface area contributed by atoms with Crippen molar-refractivity contribution in [1.29, 1.82) is 0 Å². The molecular weight excluding hydrogens is 306 g/mol. The summed E-state index contributed by atoms with van der Waals surface area (Å²) in [6.45, 7) is 4.75. The largest absolute Gasteiger partial charge is 0.456 e. The van der Waals surface area contributed by atoms with Crippen molar-refractivity contribution in [3.05, 3.63) is 42.0 Å². The zero-order valence-electron chi connectivity index (χ0n) is 15.1. The van der Waals surface area contributed by atoms with E-state index in [2.05, 4.69) is 55.1 Å². The Balaban J connectivity index is 1.60. The van der Waals surface area contributed by atoms with Gasteiger partial charge in [0.2, 0.25) is 0 Å². The first-order chi connectivity index (χ1) is 12.1. The fourth-order valence-electron chi connectivity index (χ4n) is 6.45. The topological polar surface area (TPSA) is 16.4 Å². The van der Waals surface area contributed by atoms with Crippen LogP contribution in [0.5, 0.6) is 0 Å². The smallest absolute Gasteiger partial charge is 0.135 e. The molecule has 2 nitrogen and oxygen atoms in total. The fraction of sp³-hybridized carbons (Fsp3) is 0.478. The van der Waals surface area contributed by atoms with E-state index >= 15 is 0 Å². The minimum absolute atomic E-state index is 0.414. The first kappa shape index (κ1) is 14.2. The van der Waals surface area contributed by atoms with Crippen molar-refractivity contribution in [1.82, 2.24) is 0 Å². The predicted molar refractivity (Wildman–Crippen MR) is 103 cm³/mol. The summed E-state index contributed by atoms with van der Waals surface area (Å²) in [6, 6.07) is 13.8. The van der Waals surface area contributed by atoms with Crippen LogP contribution in [-0.4, -0.2) is 11.6 Å². The summed E-state index contributed by atoms with van der Waals surface area (Å²) < 4.78 is 6.10. The van der Waals surface area contributed by atoms with E-state index in [1.807, 2.05) is 0 Å². The van der Waals surface area contributed by atoms with Crippen LogP contribution in [0.25, 0.3) is 21.9 Å². The second-order valence-electron chi connectivity index (χ2n) is 8.87. The molecule has 25 heavy (non-hydrogen) atoms. The van der Waals surface area contributed by atoms with Gasteiger partial charge in [-0.1, -0.05) is 18.2 Å². The molecule has 1 aromatic heterocycles. The molecule has 0 amide bonds. The van der Waals surface area contributed by atoms with E-state index in [-0.39, 0.29) is 0 Å². The van der Waals surface area contributed by atoms with Crippen LogP contribution in [0.4, 0.5) is 5.69 Å². The highest BCUT2D eigenvalue weighted by Gasteiger charge is 2.61. The molecule has 4 heterocycles. The lowest BCUT2D eigenvalue weighted by Crippen LogP contribution is -2.71. The van der Waals surface area contributed by atoms with Crippen LogP contribution in [-0.2, 0) is 0 Å². The zero-order valence-corrected chi connectivity index (χ0v) is 15.1. The number of piperidine rings is 3. The van der Waals surface area contributed by atoms with E-state index in [0.717, 1.165) is 11.2 Å². The third-order valence-electron chi connectivity index (χ3n) is 8.00. The highest BCUT2D eigenvalue weighted by Crippen LogP contribution is 2.64. The monoisotopic (exact) mass is 331 g/mol. The maximum atomic E-state index is 6.10. The number of anilines is 1. The number of para-hydroxylation sites is 1. The van der Waals surface area contributed by atoms with E-state index in [1.54, 1.807) is 0 Å². The molecule has 3 aliphatic carbocycles. The number of nitrogens with zero attached hydrogens (tertiary/aromatic N) is 1. The Hall–Kier alpha value is -1.96. The van der Waals surface area contributed by atoms with Gasteiger partial charge in [-0.2, -0.15) is 0 Å². The Bertz CT molecular complexity index is 989. The normalized spacial score (nSPS) is 33.7. The summed E-state index contributed by atoms with van der Waals surface area (Å²) in [5.74, 6) is 0. The predicted octanol–water partition coefficient (Wildman–Crippen LogP) is 6.20. The summed E-state index contributed by atoms with van der Waals surface area (Å²) in [6.07, 6.45) is 8.50. The van der Waals surface area contributed by atoms with Crippen LogP contribution in [0.15, 0.2) is 40.8 Å². The highest BCUT2D eigenvalue weighted by atomic mass is 16.3. The molecule has 2 bridgehead atoms. The van der Waals surface area contributed by atoms with Crippen LogP contribution >= 0.6 is 0 Å². The summed E-state index contributed by atoms with van der Waals surface area (Å²) in [5.41, 5.74) is 5.83. The van der Waals surface area contributed by atoms with E-state index in [0.29, 0.717) is 17.0 Å². The average Bonchev–Trinajstić information content (AvgIpc) is 3.00. The molecule has 6 fully saturated rings. The van der Waals surface area contributed by atoms with Crippen molar-refractivity contribution in [3.8, 4) is 0 Å². The van der Waals surface area contributed by atoms with Gasteiger partial charge in [0.25, 0.3) is 0 Å². The quantitative estimate of drug-likeness (QED) is 0.528. The molecule has 0 spiro atoms. The van der Waals surface area contributed by atoms with E-state index in [4.69, 9.17) is 4.42 Å². The number of aryl methyl sites for hydroxylation is 1. The van der Waals surface area contributed by atoms with Gasteiger partial charge in [0.05, 0.1) is 0 Å². The first-order valence-corrected chi connectivity index (χ1v) is 9.83. The lowest BCUT2D eigenvalue weighted by Gasteiger charge is -2.70. The van der Waals surface area contributed by atoms with Crippen molar-refractivity contribution in [2.24, 2.45) is 5.41 Å². The second kappa shape index (κ2) is 4.41. The molecule has 0 radical (unpaired) electrons. The molecule has 128 valence electrons. The fourth-order valence-corrected chi connectivity index (χ4v) is 6.45. The van der Waals surface area contributed by atoms with E-state index < -0.39 is 0 Å². The van der Waals surface area contributed by atoms with Gasteiger partial charge in [-0.3, -0.25) is 0 Å². The lowest BCUT2D eigenvalue weighted by molar-refractivity contribution is -0.0447. The third-order valence-corrected chi connectivity index (χ3v) is 8.00. The van der Waals surface area contributed by atoms with Crippen LogP contribution in [0.1, 0.15) is 51.0 Å². The second-order valence-corrected chi connectivity index (χ2v) is 8.87. The molecule has 3 saturated heterocycles. The third kappa shape index (κ3) is 1.61. The number of hydrogen-bond donors (Lipinski definition) is 0. The number of rotatable bonds is 1. The minimum Gasteiger partial charge on any atom is -0.456 e. The molecule has 0 N–H and O–H groups in total. The lowest BCUT2D eigenvalue weighted by atomic mass is 9.49. The van der Waals surface area contributed by atoms with Gasteiger partial charge in [0, 0.05) is 28.0 Å². The van der Waals surface area contributed by atoms with Gasteiger partial charge in [-0.05, 0) is 81.5 Å². The molecule has 9 rings (SSSR count). The van der Waals surface area contributed by atoms with Gasteiger partial charge in [0.1, 0.15) is 11.2 Å². The van der Waals surface area contributed by atoms with Crippen LogP contribution in [0, 0.1) is 12.3 Å². The van der Waals surface area contributed by atoms with Gasteiger partial charge in [-0.15, -0.1) is 0 Å². The minimum atomic E-state index is 0.414. The van der Waals surface area contributed by atoms with E-state index in [1.165, 1.54) is 60.5 Å². The number of fused-ring (bicyclic) bond motifs is 3. The van der Waals surface area contributed by atoms with Crippen molar-refractivity contribution in [2.45, 2.75) is 64.0 Å². The Morgan fingerprint density at radius 1 is 0.920 bits per heavy atom. The van der Waals surface area contributed by atoms with Gasteiger partial charge < -0.3 is 9.32 Å². The standard InChI is InChI=1S/C23H25NO/c1-15-13-21-18(17-5-3-4-6-20(17)25-21)14-19(15)24-16(2)22-7-10-23(24,11-8-22)12-9-22/h3-6,13-14,16H,7-12H2,1-2H3. The molecule has 1 unspecified atom stereocenters. The zero-order chi connectivity index (χ0) is 16.8. The average molecular weight is 331 g/mol. The summed E-state index contributed by atoms with van der Waals surface area (Å²) in [7, 11) is 0. The van der Waals surface area contributed by atoms with Crippen LogP contribution in [0.2, 0.25) is 0 Å². The number of hydrogen-bond acceptors (Lipinski definition) is 2. The molecular formula is C23H25NO. The first-order valence-electron chi connectivity index (χ1n) is 9.83. The summed E-state index contributed by atoms with van der Waals surface area (Å²) in [5, 5.41) is 2.52. The number of benzene rings is 2. The highest BCUT2D eigenvalue weighted by molar-refractivity contribution is 6.06. The van der Waals surface area contributed by atoms with E-state index in [9.17, 15) is 0 Å². The Morgan fingerprint density at radius 3 is 2.36 bits per heavy atom. The summed E-state index contributed by atoms with van der Waals surface area (Å²) in [4.78, 5) is 2.83. The molecule has 3 aliphatic heterocycles. The van der Waals surface area contributed by atoms with Crippen LogP contribution in [0.3, 0.4) is 0 Å². The maximum absolute atomic E-state index is 6.10. The Kier molecular flexibility index (Phi) is 2.51. The molecule has 3 saturated carbocycles. The Labute approximate surface area is 148 Å². The van der Waals surface area contributed by atoms with Crippen molar-refractivity contribution in [2.75, 3.05) is 4.90 Å². The van der Waals surface area contributed by atoms with Crippen molar-refractivity contribution >= 4 is 27.6 Å². The van der Waals surface area contributed by atoms with Gasteiger partial charge in [-0.25, -0.2) is 0 Å².